The third kappa shape index (κ3) is 4.92. The van der Waals surface area contributed by atoms with Crippen molar-refractivity contribution in [1.29, 1.82) is 0 Å². The van der Waals surface area contributed by atoms with E-state index in [-0.39, 0.29) is 18.2 Å². The number of nitrogens with zero attached hydrogens (tertiary/aromatic N) is 4. The SMILES string of the molecule is Cc1ccc(OCc2c(C(=O)Nc3ncn(Cc4c(Cl)cccc4Cl)n3)noc2C)cc1. The maximum Gasteiger partial charge on any atom is 0.280 e. The van der Waals surface area contributed by atoms with Crippen molar-refractivity contribution in [2.45, 2.75) is 27.0 Å². The van der Waals surface area contributed by atoms with Gasteiger partial charge in [-0.3, -0.25) is 10.1 Å². The fourth-order valence-electron chi connectivity index (χ4n) is 2.96. The molecule has 4 rings (SSSR count). The molecule has 0 aliphatic heterocycles. The predicted molar refractivity (Wildman–Crippen MR) is 120 cm³/mol. The highest BCUT2D eigenvalue weighted by atomic mass is 35.5. The fourth-order valence-corrected chi connectivity index (χ4v) is 3.48. The van der Waals surface area contributed by atoms with Gasteiger partial charge in [-0.15, -0.1) is 5.10 Å². The molecule has 0 bridgehead atoms. The van der Waals surface area contributed by atoms with Gasteiger partial charge in [-0.2, -0.15) is 0 Å². The van der Waals surface area contributed by atoms with Gasteiger partial charge in [0.05, 0.1) is 12.1 Å². The van der Waals surface area contributed by atoms with Crippen LogP contribution in [-0.2, 0) is 13.2 Å². The normalized spacial score (nSPS) is 10.9. The number of aryl methyl sites for hydroxylation is 2. The van der Waals surface area contributed by atoms with Gasteiger partial charge in [0.15, 0.2) is 5.69 Å². The number of ether oxygens (including phenoxy) is 1. The Labute approximate surface area is 194 Å². The van der Waals surface area contributed by atoms with Crippen molar-refractivity contribution >= 4 is 35.1 Å². The lowest BCUT2D eigenvalue weighted by Gasteiger charge is -2.07. The first-order valence-electron chi connectivity index (χ1n) is 9.69. The lowest BCUT2D eigenvalue weighted by atomic mass is 10.2. The van der Waals surface area contributed by atoms with Gasteiger partial charge in [-0.05, 0) is 38.1 Å². The molecular formula is C22H19Cl2N5O3. The van der Waals surface area contributed by atoms with Crippen LogP contribution in [0.3, 0.4) is 0 Å². The standard InChI is InChI=1S/C22H19Cl2N5O3/c1-13-6-8-15(9-7-13)31-11-17-14(2)32-28-20(17)21(30)26-22-25-12-29(27-22)10-16-18(23)4-3-5-19(16)24/h3-9,12H,10-11H2,1-2H3,(H,26,27,30). The average molecular weight is 472 g/mol. The van der Waals surface area contributed by atoms with Crippen molar-refractivity contribution in [2.75, 3.05) is 5.32 Å². The lowest BCUT2D eigenvalue weighted by molar-refractivity contribution is 0.101. The molecule has 4 aromatic rings. The molecule has 10 heteroatoms. The zero-order valence-electron chi connectivity index (χ0n) is 17.3. The largest absolute Gasteiger partial charge is 0.489 e. The van der Waals surface area contributed by atoms with E-state index in [4.69, 9.17) is 32.5 Å². The highest BCUT2D eigenvalue weighted by Crippen LogP contribution is 2.25. The van der Waals surface area contributed by atoms with Crippen molar-refractivity contribution < 1.29 is 14.1 Å². The van der Waals surface area contributed by atoms with E-state index < -0.39 is 5.91 Å². The summed E-state index contributed by atoms with van der Waals surface area (Å²) in [7, 11) is 0. The molecule has 2 aromatic carbocycles. The van der Waals surface area contributed by atoms with Crippen LogP contribution in [-0.4, -0.2) is 25.8 Å². The van der Waals surface area contributed by atoms with Crippen LogP contribution in [0, 0.1) is 13.8 Å². The summed E-state index contributed by atoms with van der Waals surface area (Å²) in [5, 5.41) is 11.8. The van der Waals surface area contributed by atoms with E-state index in [1.54, 1.807) is 25.1 Å². The van der Waals surface area contributed by atoms with Crippen LogP contribution in [0.25, 0.3) is 0 Å². The number of hydrogen-bond acceptors (Lipinski definition) is 6. The number of halogens is 2. The number of amides is 1. The maximum atomic E-state index is 12.8. The summed E-state index contributed by atoms with van der Waals surface area (Å²) in [4.78, 5) is 16.9. The molecule has 2 aromatic heterocycles. The second-order valence-corrected chi connectivity index (χ2v) is 7.90. The molecule has 0 atom stereocenters. The Morgan fingerprint density at radius 1 is 1.09 bits per heavy atom. The van der Waals surface area contributed by atoms with E-state index in [0.29, 0.717) is 39.2 Å². The molecule has 0 saturated carbocycles. The monoisotopic (exact) mass is 471 g/mol. The quantitative estimate of drug-likeness (QED) is 0.404. The number of rotatable bonds is 7. The van der Waals surface area contributed by atoms with Crippen LogP contribution in [0.1, 0.15) is 32.9 Å². The molecule has 164 valence electrons. The summed E-state index contributed by atoms with van der Waals surface area (Å²) in [6, 6.07) is 12.9. The molecule has 0 aliphatic carbocycles. The molecule has 8 nitrogen and oxygen atoms in total. The molecule has 32 heavy (non-hydrogen) atoms. The predicted octanol–water partition coefficient (Wildman–Crippen LogP) is 5.07. The van der Waals surface area contributed by atoms with Gasteiger partial charge in [-0.1, -0.05) is 52.1 Å². The molecule has 2 heterocycles. The number of carbonyl (C=O) groups excluding carboxylic acids is 1. The zero-order valence-corrected chi connectivity index (χ0v) is 18.8. The van der Waals surface area contributed by atoms with Crippen molar-refractivity contribution in [1.82, 2.24) is 19.9 Å². The number of benzene rings is 2. The highest BCUT2D eigenvalue weighted by Gasteiger charge is 2.22. The Morgan fingerprint density at radius 3 is 2.53 bits per heavy atom. The summed E-state index contributed by atoms with van der Waals surface area (Å²) in [5.41, 5.74) is 2.49. The maximum absolute atomic E-state index is 12.8. The zero-order chi connectivity index (χ0) is 22.7. The number of hydrogen-bond donors (Lipinski definition) is 1. The van der Waals surface area contributed by atoms with E-state index in [0.717, 1.165) is 5.56 Å². The molecule has 1 N–H and O–H groups in total. The first kappa shape index (κ1) is 21.9. The van der Waals surface area contributed by atoms with Crippen LogP contribution in [0.15, 0.2) is 53.3 Å². The van der Waals surface area contributed by atoms with Crippen molar-refractivity contribution in [3.8, 4) is 5.75 Å². The Kier molecular flexibility index (Phi) is 6.43. The Hall–Kier alpha value is -3.36. The van der Waals surface area contributed by atoms with Gasteiger partial charge >= 0.3 is 0 Å². The minimum Gasteiger partial charge on any atom is -0.489 e. The van der Waals surface area contributed by atoms with Gasteiger partial charge in [0.1, 0.15) is 24.4 Å². The Morgan fingerprint density at radius 2 is 1.81 bits per heavy atom. The molecule has 0 spiro atoms. The topological polar surface area (TPSA) is 95.1 Å². The van der Waals surface area contributed by atoms with E-state index >= 15 is 0 Å². The summed E-state index contributed by atoms with van der Waals surface area (Å²) in [6.45, 7) is 4.15. The number of anilines is 1. The summed E-state index contributed by atoms with van der Waals surface area (Å²) in [6.07, 6.45) is 1.48. The first-order chi connectivity index (χ1) is 15.4. The van der Waals surface area contributed by atoms with E-state index in [1.165, 1.54) is 11.0 Å². The van der Waals surface area contributed by atoms with Gasteiger partial charge in [0.25, 0.3) is 5.91 Å². The summed E-state index contributed by atoms with van der Waals surface area (Å²) < 4.78 is 12.5. The Balaban J connectivity index is 1.44. The summed E-state index contributed by atoms with van der Waals surface area (Å²) >= 11 is 12.4. The van der Waals surface area contributed by atoms with Crippen LogP contribution < -0.4 is 10.1 Å². The second-order valence-electron chi connectivity index (χ2n) is 7.09. The second kappa shape index (κ2) is 9.42. The Bertz CT molecular complexity index is 1230. The minimum absolute atomic E-state index is 0.111. The minimum atomic E-state index is -0.502. The molecule has 0 saturated heterocycles. The van der Waals surface area contributed by atoms with Crippen LogP contribution in [0.4, 0.5) is 5.95 Å². The van der Waals surface area contributed by atoms with Crippen molar-refractivity contribution in [3.63, 3.8) is 0 Å². The van der Waals surface area contributed by atoms with Gasteiger partial charge < -0.3 is 9.26 Å². The first-order valence-corrected chi connectivity index (χ1v) is 10.4. The van der Waals surface area contributed by atoms with Crippen molar-refractivity contribution in [3.05, 3.63) is 87.0 Å². The third-order valence-electron chi connectivity index (χ3n) is 4.75. The van der Waals surface area contributed by atoms with Crippen LogP contribution in [0.5, 0.6) is 5.75 Å². The van der Waals surface area contributed by atoms with E-state index in [2.05, 4.69) is 20.6 Å². The third-order valence-corrected chi connectivity index (χ3v) is 5.46. The number of nitrogens with one attached hydrogen (secondary N) is 1. The summed E-state index contributed by atoms with van der Waals surface area (Å²) in [5.74, 6) is 0.789. The average Bonchev–Trinajstić information content (AvgIpc) is 3.36. The van der Waals surface area contributed by atoms with Gasteiger partial charge in [0.2, 0.25) is 5.95 Å². The number of aromatic nitrogens is 4. The number of carbonyl (C=O) groups is 1. The molecule has 0 fully saturated rings. The smallest absolute Gasteiger partial charge is 0.280 e. The van der Waals surface area contributed by atoms with Crippen LogP contribution in [0.2, 0.25) is 10.0 Å². The molecule has 0 unspecified atom stereocenters. The fraction of sp³-hybridized carbons (Fsp3) is 0.182. The van der Waals surface area contributed by atoms with E-state index in [1.807, 2.05) is 31.2 Å². The van der Waals surface area contributed by atoms with Gasteiger partial charge in [0, 0.05) is 15.6 Å². The molecule has 0 aliphatic rings. The van der Waals surface area contributed by atoms with E-state index in [9.17, 15) is 4.79 Å². The molecular weight excluding hydrogens is 453 g/mol. The highest BCUT2D eigenvalue weighted by molar-refractivity contribution is 6.35. The van der Waals surface area contributed by atoms with Gasteiger partial charge in [-0.25, -0.2) is 9.67 Å². The molecule has 0 radical (unpaired) electrons. The van der Waals surface area contributed by atoms with Crippen LogP contribution >= 0.6 is 23.2 Å². The lowest BCUT2D eigenvalue weighted by Crippen LogP contribution is -2.16. The molecule has 1 amide bonds. The van der Waals surface area contributed by atoms with Crippen molar-refractivity contribution in [2.24, 2.45) is 0 Å².